The Morgan fingerprint density at radius 2 is 1.33 bits per heavy atom. The van der Waals surface area contributed by atoms with Gasteiger partial charge in [-0.05, 0) is 45.7 Å². The molecule has 0 saturated carbocycles. The highest BCUT2D eigenvalue weighted by molar-refractivity contribution is 5.85. The topological polar surface area (TPSA) is 168 Å². The Morgan fingerprint density at radius 3 is 1.67 bits per heavy atom. The van der Waals surface area contributed by atoms with Crippen LogP contribution in [-0.2, 0) is 14.3 Å². The van der Waals surface area contributed by atoms with Crippen molar-refractivity contribution in [3.05, 3.63) is 0 Å². The third-order valence-corrected chi connectivity index (χ3v) is 2.85. The van der Waals surface area contributed by atoms with Crippen molar-refractivity contribution in [1.82, 2.24) is 0 Å². The number of carboxylic acids is 1. The van der Waals surface area contributed by atoms with Gasteiger partial charge in [0.25, 0.3) is 0 Å². The zero-order valence-electron chi connectivity index (χ0n) is 14.3. The summed E-state index contributed by atoms with van der Waals surface area (Å²) in [6, 6.07) is -1.19. The predicted molar refractivity (Wildman–Crippen MR) is 101 cm³/mol. The maximum atomic E-state index is 11.0. The third-order valence-electron chi connectivity index (χ3n) is 2.85. The Labute approximate surface area is 156 Å². The van der Waals surface area contributed by atoms with Crippen molar-refractivity contribution in [2.75, 3.05) is 19.7 Å². The van der Waals surface area contributed by atoms with Crippen molar-refractivity contribution in [2.24, 2.45) is 22.9 Å². The maximum absolute atomic E-state index is 11.0. The second-order valence-electron chi connectivity index (χ2n) is 4.87. The first-order valence-electron chi connectivity index (χ1n) is 7.71. The van der Waals surface area contributed by atoms with Crippen LogP contribution in [0.15, 0.2) is 0 Å². The molecule has 0 aromatic heterocycles. The van der Waals surface area contributed by atoms with Gasteiger partial charge in [0.2, 0.25) is 0 Å². The summed E-state index contributed by atoms with van der Waals surface area (Å²) in [6.07, 6.45) is 4.62. The van der Waals surface area contributed by atoms with E-state index in [9.17, 15) is 9.59 Å². The fraction of sp³-hybridized carbons (Fsp3) is 0.857. The van der Waals surface area contributed by atoms with Crippen LogP contribution in [0.25, 0.3) is 0 Å². The molecule has 2 atom stereocenters. The molecule has 0 aromatic carbocycles. The van der Waals surface area contributed by atoms with Gasteiger partial charge >= 0.3 is 11.9 Å². The molecule has 0 rings (SSSR count). The number of halogens is 2. The van der Waals surface area contributed by atoms with E-state index < -0.39 is 18.1 Å². The van der Waals surface area contributed by atoms with Gasteiger partial charge in [-0.2, -0.15) is 0 Å². The lowest BCUT2D eigenvalue weighted by Crippen LogP contribution is -2.32. The number of carbonyl (C=O) groups is 2. The average Bonchev–Trinajstić information content (AvgIpc) is 2.48. The van der Waals surface area contributed by atoms with Gasteiger partial charge in [0.1, 0.15) is 12.1 Å². The molecule has 0 amide bonds. The summed E-state index contributed by atoms with van der Waals surface area (Å²) in [7, 11) is 0. The van der Waals surface area contributed by atoms with Crippen LogP contribution in [0.5, 0.6) is 0 Å². The first-order valence-corrected chi connectivity index (χ1v) is 7.71. The van der Waals surface area contributed by atoms with Crippen LogP contribution < -0.4 is 22.9 Å². The minimum Gasteiger partial charge on any atom is -0.480 e. The number of unbranched alkanes of at least 4 members (excludes halogenated alkanes) is 2. The van der Waals surface area contributed by atoms with Gasteiger partial charge in [-0.25, -0.2) is 0 Å². The van der Waals surface area contributed by atoms with E-state index in [-0.39, 0.29) is 30.8 Å². The van der Waals surface area contributed by atoms with Gasteiger partial charge in [0.15, 0.2) is 0 Å². The van der Waals surface area contributed by atoms with E-state index in [1.807, 2.05) is 0 Å². The molecular formula is C14H34Cl2N4O4. The molecule has 0 heterocycles. The Morgan fingerprint density at radius 1 is 0.917 bits per heavy atom. The molecule has 0 fully saturated rings. The fourth-order valence-corrected chi connectivity index (χ4v) is 1.51. The van der Waals surface area contributed by atoms with Gasteiger partial charge in [-0.1, -0.05) is 12.8 Å². The number of rotatable bonds is 11. The van der Waals surface area contributed by atoms with E-state index in [0.717, 1.165) is 25.7 Å². The maximum Gasteiger partial charge on any atom is 0.322 e. The van der Waals surface area contributed by atoms with E-state index in [0.29, 0.717) is 32.5 Å². The molecule has 0 saturated heterocycles. The van der Waals surface area contributed by atoms with Gasteiger partial charge in [0.05, 0.1) is 6.61 Å². The minimum absolute atomic E-state index is 0. The number of carboxylic acid groups (broad SMARTS) is 1. The summed E-state index contributed by atoms with van der Waals surface area (Å²) in [5.74, 6) is -1.24. The first kappa shape index (κ1) is 31.2. The molecule has 0 aliphatic rings. The molecule has 0 radical (unpaired) electrons. The number of nitrogens with two attached hydrogens (primary N) is 4. The lowest BCUT2D eigenvalue weighted by Gasteiger charge is -2.09. The molecule has 0 spiro atoms. The molecule has 0 aromatic rings. The zero-order chi connectivity index (χ0) is 17.4. The Bertz CT molecular complexity index is 300. The standard InChI is InChI=1S/C8H18N2O2.C6H14N2O2.2ClH/c1-2-12-8(11)7(10)5-3-4-6-9;7-4-2-1-3-5(8)6(9)10;;/h7H,2-6,9-10H2,1H3;5H,1-4,7-8H2,(H,9,10);2*1H/t7-;5-;;/m01../s1. The van der Waals surface area contributed by atoms with E-state index in [1.165, 1.54) is 0 Å². The van der Waals surface area contributed by atoms with E-state index >= 15 is 0 Å². The molecule has 0 aliphatic carbocycles. The van der Waals surface area contributed by atoms with Crippen LogP contribution in [-0.4, -0.2) is 48.8 Å². The smallest absolute Gasteiger partial charge is 0.322 e. The quantitative estimate of drug-likeness (QED) is 0.248. The SMILES string of the molecule is CCOC(=O)[C@@H](N)CCCCN.Cl.Cl.NCCCC[C@@H](N)C(=O)O. The van der Waals surface area contributed by atoms with Gasteiger partial charge < -0.3 is 32.8 Å². The molecule has 0 aliphatic heterocycles. The van der Waals surface area contributed by atoms with Gasteiger partial charge in [-0.3, -0.25) is 9.59 Å². The molecule has 9 N–H and O–H groups in total. The molecule has 148 valence electrons. The molecule has 10 heteroatoms. The molecule has 24 heavy (non-hydrogen) atoms. The third kappa shape index (κ3) is 21.4. The van der Waals surface area contributed by atoms with Crippen LogP contribution in [0.3, 0.4) is 0 Å². The highest BCUT2D eigenvalue weighted by Gasteiger charge is 2.12. The number of hydrogen-bond acceptors (Lipinski definition) is 7. The summed E-state index contributed by atoms with van der Waals surface area (Å²) in [6.45, 7) is 3.41. The number of ether oxygens (including phenoxy) is 1. The Balaban J connectivity index is -0.000000156. The summed E-state index contributed by atoms with van der Waals surface area (Å²) < 4.78 is 4.74. The second-order valence-corrected chi connectivity index (χ2v) is 4.87. The number of aliphatic carboxylic acids is 1. The Kier molecular flexibility index (Phi) is 29.0. The Hall–Kier alpha value is -0.640. The van der Waals surface area contributed by atoms with E-state index in [2.05, 4.69) is 0 Å². The van der Waals surface area contributed by atoms with Crippen molar-refractivity contribution < 1.29 is 19.4 Å². The largest absolute Gasteiger partial charge is 0.480 e. The highest BCUT2D eigenvalue weighted by atomic mass is 35.5. The molecule has 0 unspecified atom stereocenters. The van der Waals surface area contributed by atoms with Crippen molar-refractivity contribution in [2.45, 2.75) is 57.5 Å². The highest BCUT2D eigenvalue weighted by Crippen LogP contribution is 1.99. The lowest BCUT2D eigenvalue weighted by atomic mass is 10.1. The van der Waals surface area contributed by atoms with Crippen LogP contribution >= 0.6 is 24.8 Å². The lowest BCUT2D eigenvalue weighted by molar-refractivity contribution is -0.145. The van der Waals surface area contributed by atoms with Crippen LogP contribution in [0, 0.1) is 0 Å². The van der Waals surface area contributed by atoms with Gasteiger partial charge in [0, 0.05) is 0 Å². The minimum atomic E-state index is -0.933. The first-order chi connectivity index (χ1) is 10.4. The van der Waals surface area contributed by atoms with Gasteiger partial charge in [-0.15, -0.1) is 24.8 Å². The van der Waals surface area contributed by atoms with Crippen molar-refractivity contribution in [1.29, 1.82) is 0 Å². The van der Waals surface area contributed by atoms with Crippen LogP contribution in [0.1, 0.15) is 45.4 Å². The molecule has 0 bridgehead atoms. The average molecular weight is 393 g/mol. The summed E-state index contributed by atoms with van der Waals surface area (Å²) in [5.41, 5.74) is 21.2. The summed E-state index contributed by atoms with van der Waals surface area (Å²) in [4.78, 5) is 21.1. The van der Waals surface area contributed by atoms with Crippen molar-refractivity contribution in [3.8, 4) is 0 Å². The van der Waals surface area contributed by atoms with Crippen molar-refractivity contribution >= 4 is 36.8 Å². The number of esters is 1. The fourth-order valence-electron chi connectivity index (χ4n) is 1.51. The van der Waals surface area contributed by atoms with Crippen molar-refractivity contribution in [3.63, 3.8) is 0 Å². The second kappa shape index (κ2) is 22.4. The van der Waals surface area contributed by atoms with Crippen LogP contribution in [0.4, 0.5) is 0 Å². The zero-order valence-corrected chi connectivity index (χ0v) is 15.9. The number of hydrogen-bond donors (Lipinski definition) is 5. The molecular weight excluding hydrogens is 359 g/mol. The van der Waals surface area contributed by atoms with Crippen LogP contribution in [0.2, 0.25) is 0 Å². The van der Waals surface area contributed by atoms with E-state index in [4.69, 9.17) is 32.8 Å². The normalized spacial score (nSPS) is 11.7. The van der Waals surface area contributed by atoms with E-state index in [1.54, 1.807) is 6.92 Å². The number of carbonyl (C=O) groups excluding carboxylic acids is 1. The summed E-state index contributed by atoms with van der Waals surface area (Å²) in [5, 5.41) is 8.33. The predicted octanol–water partition coefficient (Wildman–Crippen LogP) is 0.377. The monoisotopic (exact) mass is 392 g/mol. The molecule has 8 nitrogen and oxygen atoms in total. The summed E-state index contributed by atoms with van der Waals surface area (Å²) >= 11 is 0.